The number of nitrogens with zero attached hydrogens (tertiary/aromatic N) is 6. The van der Waals surface area contributed by atoms with Crippen molar-refractivity contribution in [3.05, 3.63) is 107 Å². The summed E-state index contributed by atoms with van der Waals surface area (Å²) in [4.78, 5) is 25.6. The van der Waals surface area contributed by atoms with E-state index in [2.05, 4.69) is 65.0 Å². The number of aryl methyl sites for hydroxylation is 1. The first kappa shape index (κ1) is 34.8. The second-order valence-electron chi connectivity index (χ2n) is 11.7. The lowest BCUT2D eigenvalue weighted by Crippen LogP contribution is -2.35. The summed E-state index contributed by atoms with van der Waals surface area (Å²) in [6, 6.07) is 17.1. The molecule has 6 rings (SSSR count). The lowest BCUT2D eigenvalue weighted by Gasteiger charge is -2.32. The third kappa shape index (κ3) is 8.19. The molecule has 0 bridgehead atoms. The predicted molar refractivity (Wildman–Crippen MR) is 172 cm³/mol. The largest absolute Gasteiger partial charge is 0.400 e. The zero-order chi connectivity index (χ0) is 33.3. The molecule has 4 aromatic rings. The fourth-order valence-corrected chi connectivity index (χ4v) is 5.95. The summed E-state index contributed by atoms with van der Waals surface area (Å²) in [5, 5.41) is 11.4. The first-order chi connectivity index (χ1) is 22.2. The number of piperidine rings is 1. The quantitative estimate of drug-likeness (QED) is 0.264. The maximum absolute atomic E-state index is 15.2. The number of amides is 1. The highest BCUT2D eigenvalue weighted by Crippen LogP contribution is 2.41. The van der Waals surface area contributed by atoms with Crippen LogP contribution in [0.25, 0.3) is 5.95 Å². The molecule has 2 aromatic heterocycles. The van der Waals surface area contributed by atoms with Crippen molar-refractivity contribution in [3.8, 4) is 5.95 Å². The molecule has 1 atom stereocenters. The van der Waals surface area contributed by atoms with Crippen LogP contribution in [0.1, 0.15) is 77.7 Å². The first-order valence-corrected chi connectivity index (χ1v) is 15.7. The average molecular weight is 637 g/mol. The van der Waals surface area contributed by atoms with Crippen LogP contribution in [0.3, 0.4) is 0 Å². The average Bonchev–Trinajstić information content (AvgIpc) is 3.65. The molecule has 1 N–H and O–H groups in total. The Morgan fingerprint density at radius 1 is 0.957 bits per heavy atom. The van der Waals surface area contributed by atoms with Crippen molar-refractivity contribution >= 4 is 5.91 Å². The maximum Gasteiger partial charge on any atom is 0.273 e. The minimum absolute atomic E-state index is 0.0765. The third-order valence-corrected chi connectivity index (χ3v) is 8.14. The van der Waals surface area contributed by atoms with E-state index in [0.29, 0.717) is 11.3 Å². The summed E-state index contributed by atoms with van der Waals surface area (Å²) in [5.41, 5.74) is 3.80. The molecule has 0 aliphatic carbocycles. The maximum atomic E-state index is 15.2. The van der Waals surface area contributed by atoms with E-state index in [1.807, 2.05) is 0 Å². The highest BCUT2D eigenvalue weighted by Gasteiger charge is 2.50. The van der Waals surface area contributed by atoms with E-state index in [1.54, 1.807) is 30.3 Å². The molecule has 0 radical (unpaired) electrons. The Morgan fingerprint density at radius 2 is 1.57 bits per heavy atom. The minimum Gasteiger partial charge on any atom is -0.400 e. The van der Waals surface area contributed by atoms with Crippen molar-refractivity contribution < 1.29 is 23.1 Å². The number of aliphatic hydroxyl groups excluding tert-OH is 1. The molecule has 0 spiro atoms. The van der Waals surface area contributed by atoms with Crippen LogP contribution in [0.15, 0.2) is 73.2 Å². The van der Waals surface area contributed by atoms with Gasteiger partial charge in [-0.05, 0) is 44.0 Å². The predicted octanol–water partition coefficient (Wildman–Crippen LogP) is 6.39. The number of carbonyl (C=O) groups excluding carboxylic acids is 1. The minimum atomic E-state index is -3.06. The number of halogens is 3. The smallest absolute Gasteiger partial charge is 0.273 e. The van der Waals surface area contributed by atoms with Crippen LogP contribution in [0, 0.1) is 12.7 Å². The normalized spacial score (nSPS) is 17.9. The number of hydrogen-bond donors (Lipinski definition) is 1. The van der Waals surface area contributed by atoms with Gasteiger partial charge in [-0.25, -0.2) is 27.8 Å². The number of likely N-dealkylation sites (tertiary alicyclic amines) is 2. The molecule has 2 fully saturated rings. The monoisotopic (exact) mass is 636 g/mol. The van der Waals surface area contributed by atoms with Crippen molar-refractivity contribution in [2.45, 2.75) is 64.3 Å². The molecule has 246 valence electrons. The Morgan fingerprint density at radius 3 is 2.17 bits per heavy atom. The molecule has 2 saturated heterocycles. The highest BCUT2D eigenvalue weighted by atomic mass is 19.3. The van der Waals surface area contributed by atoms with Gasteiger partial charge < -0.3 is 10.0 Å². The van der Waals surface area contributed by atoms with E-state index >= 15 is 8.78 Å². The third-order valence-electron chi connectivity index (χ3n) is 8.14. The SMILES string of the molecule is CCC.CO.Cc1ccc(CN2CCC(c3c(C(=O)N4C[C@H](c5ccccc5)C(F)(F)C4)cnn3-c3ncc(F)cn3)CC2)cc1. The molecule has 2 aliphatic rings. The van der Waals surface area contributed by atoms with Gasteiger partial charge in [0.05, 0.1) is 42.3 Å². The van der Waals surface area contributed by atoms with Gasteiger partial charge in [-0.3, -0.25) is 9.69 Å². The van der Waals surface area contributed by atoms with Gasteiger partial charge in [0.1, 0.15) is 0 Å². The Bertz CT molecular complexity index is 1520. The number of carbonyl (C=O) groups is 1. The fraction of sp³-hybridized carbons (Fsp3) is 0.429. The molecular weight excluding hydrogens is 593 g/mol. The number of alkyl halides is 2. The Hall–Kier alpha value is -4.09. The molecule has 0 unspecified atom stereocenters. The van der Waals surface area contributed by atoms with E-state index in [9.17, 15) is 9.18 Å². The fourth-order valence-electron chi connectivity index (χ4n) is 5.95. The van der Waals surface area contributed by atoms with Crippen LogP contribution in [-0.4, -0.2) is 79.8 Å². The van der Waals surface area contributed by atoms with Crippen LogP contribution in [0.4, 0.5) is 13.2 Å². The van der Waals surface area contributed by atoms with Gasteiger partial charge in [-0.1, -0.05) is 80.4 Å². The zero-order valence-electron chi connectivity index (χ0n) is 26.9. The summed E-state index contributed by atoms with van der Waals surface area (Å²) in [6.07, 6.45) is 6.23. The van der Waals surface area contributed by atoms with Crippen LogP contribution in [-0.2, 0) is 6.54 Å². The number of benzene rings is 2. The summed E-state index contributed by atoms with van der Waals surface area (Å²) < 4.78 is 45.4. The van der Waals surface area contributed by atoms with Crippen molar-refractivity contribution in [1.29, 1.82) is 0 Å². The van der Waals surface area contributed by atoms with Crippen LogP contribution < -0.4 is 0 Å². The van der Waals surface area contributed by atoms with Gasteiger partial charge in [0.25, 0.3) is 17.8 Å². The van der Waals surface area contributed by atoms with Gasteiger partial charge in [0.15, 0.2) is 5.82 Å². The van der Waals surface area contributed by atoms with E-state index in [-0.39, 0.29) is 24.0 Å². The van der Waals surface area contributed by atoms with E-state index in [4.69, 9.17) is 5.11 Å². The first-order valence-electron chi connectivity index (χ1n) is 15.7. The molecule has 2 aliphatic heterocycles. The summed E-state index contributed by atoms with van der Waals surface area (Å²) >= 11 is 0. The summed E-state index contributed by atoms with van der Waals surface area (Å²) in [7, 11) is 1.00. The highest BCUT2D eigenvalue weighted by molar-refractivity contribution is 5.96. The number of aromatic nitrogens is 4. The summed E-state index contributed by atoms with van der Waals surface area (Å²) in [5.74, 6) is -5.17. The van der Waals surface area contributed by atoms with E-state index in [1.165, 1.54) is 33.3 Å². The molecule has 46 heavy (non-hydrogen) atoms. The lowest BCUT2D eigenvalue weighted by molar-refractivity contribution is -0.00244. The molecule has 1 amide bonds. The van der Waals surface area contributed by atoms with Gasteiger partial charge in [0, 0.05) is 26.1 Å². The van der Waals surface area contributed by atoms with Gasteiger partial charge in [-0.15, -0.1) is 0 Å². The zero-order valence-corrected chi connectivity index (χ0v) is 26.9. The topological polar surface area (TPSA) is 87.4 Å². The Balaban J connectivity index is 0.000000908. The standard InChI is InChI=1S/C31H31F3N6O.C3H8.CH4O/c1-21-7-9-22(10-8-21)18-38-13-11-24(12-14-38)28-26(17-37-40(28)30-35-15-25(32)16-36-30)29(41)39-19-27(31(33,34)20-39)23-5-3-2-4-6-23;1-3-2;1-2/h2-10,15-17,24,27H,11-14,18-20H2,1H3;3H2,1-2H3;2H,1H3/t27-;;/m1../s1. The number of rotatable bonds is 6. The Kier molecular flexibility index (Phi) is 12.1. The van der Waals surface area contributed by atoms with Crippen LogP contribution in [0.5, 0.6) is 0 Å². The van der Waals surface area contributed by atoms with Crippen LogP contribution in [0.2, 0.25) is 0 Å². The van der Waals surface area contributed by atoms with E-state index in [0.717, 1.165) is 52.0 Å². The van der Waals surface area contributed by atoms with Crippen molar-refractivity contribution in [3.63, 3.8) is 0 Å². The van der Waals surface area contributed by atoms with Gasteiger partial charge in [0.2, 0.25) is 0 Å². The molecule has 2 aromatic carbocycles. The molecule has 4 heterocycles. The van der Waals surface area contributed by atoms with Crippen molar-refractivity contribution in [1.82, 2.24) is 29.5 Å². The molecular formula is C35H43F3N6O2. The van der Waals surface area contributed by atoms with Gasteiger partial charge in [-0.2, -0.15) is 5.10 Å². The van der Waals surface area contributed by atoms with E-state index < -0.39 is 30.1 Å². The van der Waals surface area contributed by atoms with Crippen LogP contribution >= 0.6 is 0 Å². The lowest BCUT2D eigenvalue weighted by atomic mass is 9.90. The van der Waals surface area contributed by atoms with Crippen molar-refractivity contribution in [2.75, 3.05) is 33.3 Å². The summed E-state index contributed by atoms with van der Waals surface area (Å²) in [6.45, 7) is 7.95. The molecule has 11 heteroatoms. The second kappa shape index (κ2) is 16.0. The van der Waals surface area contributed by atoms with Crippen molar-refractivity contribution in [2.24, 2.45) is 0 Å². The number of hydrogen-bond acceptors (Lipinski definition) is 6. The Labute approximate surface area is 268 Å². The molecule has 8 nitrogen and oxygen atoms in total. The number of aliphatic hydroxyl groups is 1. The van der Waals surface area contributed by atoms with Gasteiger partial charge >= 0.3 is 0 Å². The second-order valence-corrected chi connectivity index (χ2v) is 11.7. The molecule has 0 saturated carbocycles.